The van der Waals surface area contributed by atoms with Crippen LogP contribution in [0.25, 0.3) is 0 Å². The second-order valence-corrected chi connectivity index (χ2v) is 7.59. The number of sulfonamides is 1. The highest BCUT2D eigenvalue weighted by Crippen LogP contribution is 2.29. The highest BCUT2D eigenvalue weighted by atomic mass is 35.5. The molecule has 0 N–H and O–H groups in total. The van der Waals surface area contributed by atoms with E-state index in [4.69, 9.17) is 20.9 Å². The van der Waals surface area contributed by atoms with Crippen molar-refractivity contribution in [2.45, 2.75) is 18.7 Å². The zero-order valence-corrected chi connectivity index (χ0v) is 14.1. The van der Waals surface area contributed by atoms with E-state index in [1.165, 1.54) is 16.7 Å². The van der Waals surface area contributed by atoms with Gasteiger partial charge in [-0.3, -0.25) is 4.98 Å². The lowest BCUT2D eigenvalue weighted by atomic mass is 10.1. The number of hydrogen-bond donors (Lipinski definition) is 0. The first-order valence-electron chi connectivity index (χ1n) is 6.91. The molecule has 0 atom stereocenters. The van der Waals surface area contributed by atoms with E-state index in [2.05, 4.69) is 15.1 Å². The molecule has 2 aromatic rings. The summed E-state index contributed by atoms with van der Waals surface area (Å²) in [6.07, 6.45) is 2.87. The highest BCUT2D eigenvalue weighted by Gasteiger charge is 2.39. The minimum atomic E-state index is -3.57. The zero-order chi connectivity index (χ0) is 16.6. The average Bonchev–Trinajstić information content (AvgIpc) is 2.76. The molecule has 1 aliphatic heterocycles. The summed E-state index contributed by atoms with van der Waals surface area (Å²) in [7, 11) is -3.57. The number of aryl methyl sites for hydroxylation is 2. The van der Waals surface area contributed by atoms with Gasteiger partial charge in [-0.2, -0.15) is 9.29 Å². The zero-order valence-electron chi connectivity index (χ0n) is 12.6. The summed E-state index contributed by atoms with van der Waals surface area (Å²) in [4.78, 5) is 7.98. The van der Waals surface area contributed by atoms with E-state index < -0.39 is 10.0 Å². The SMILES string of the molecule is Cc1noc(C)c1S(=O)(=O)N1CC(COc2cncc(Cl)n2)C1. The number of nitrogens with zero attached hydrogens (tertiary/aromatic N) is 4. The Morgan fingerprint density at radius 3 is 2.74 bits per heavy atom. The fourth-order valence-electron chi connectivity index (χ4n) is 2.39. The van der Waals surface area contributed by atoms with Gasteiger partial charge in [-0.15, -0.1) is 0 Å². The summed E-state index contributed by atoms with van der Waals surface area (Å²) in [5.41, 5.74) is 0.372. The molecule has 0 aliphatic carbocycles. The molecule has 0 aromatic carbocycles. The Morgan fingerprint density at radius 2 is 2.13 bits per heavy atom. The van der Waals surface area contributed by atoms with Crippen LogP contribution < -0.4 is 4.74 Å². The monoisotopic (exact) mass is 358 g/mol. The van der Waals surface area contributed by atoms with Crippen molar-refractivity contribution in [3.05, 3.63) is 29.0 Å². The summed E-state index contributed by atoms with van der Waals surface area (Å²) < 4.78 is 36.9. The normalized spacial score (nSPS) is 16.3. The quantitative estimate of drug-likeness (QED) is 0.797. The van der Waals surface area contributed by atoms with Gasteiger partial charge in [0, 0.05) is 19.0 Å². The van der Waals surface area contributed by atoms with E-state index >= 15 is 0 Å². The Labute approximate surface area is 138 Å². The van der Waals surface area contributed by atoms with Crippen LogP contribution in [0.5, 0.6) is 5.88 Å². The number of rotatable bonds is 5. The van der Waals surface area contributed by atoms with Crippen LogP contribution in [0, 0.1) is 19.8 Å². The highest BCUT2D eigenvalue weighted by molar-refractivity contribution is 7.89. The topological polar surface area (TPSA) is 98.4 Å². The lowest BCUT2D eigenvalue weighted by Gasteiger charge is -2.37. The van der Waals surface area contributed by atoms with Gasteiger partial charge in [0.15, 0.2) is 10.9 Å². The Morgan fingerprint density at radius 1 is 1.39 bits per heavy atom. The summed E-state index contributed by atoms with van der Waals surface area (Å²) in [5, 5.41) is 3.94. The van der Waals surface area contributed by atoms with Gasteiger partial charge in [0.25, 0.3) is 0 Å². The molecule has 10 heteroatoms. The molecule has 1 saturated heterocycles. The van der Waals surface area contributed by atoms with Gasteiger partial charge >= 0.3 is 0 Å². The predicted molar refractivity (Wildman–Crippen MR) is 80.8 cm³/mol. The van der Waals surface area contributed by atoms with Crippen LogP contribution in [0.15, 0.2) is 21.8 Å². The van der Waals surface area contributed by atoms with E-state index in [9.17, 15) is 8.42 Å². The molecule has 23 heavy (non-hydrogen) atoms. The second kappa shape index (κ2) is 6.06. The number of aromatic nitrogens is 3. The van der Waals surface area contributed by atoms with Gasteiger partial charge in [-0.25, -0.2) is 8.42 Å². The standard InChI is InChI=1S/C13H15ClN4O4S/c1-8-13(9(2)22-17-8)23(19,20)18-5-10(6-18)7-21-12-4-15-3-11(14)16-12/h3-4,10H,5-7H2,1-2H3. The van der Waals surface area contributed by atoms with Crippen molar-refractivity contribution in [1.29, 1.82) is 0 Å². The van der Waals surface area contributed by atoms with Gasteiger partial charge < -0.3 is 9.26 Å². The molecule has 3 rings (SSSR count). The first kappa shape index (κ1) is 16.2. The molecule has 0 radical (unpaired) electrons. The maximum atomic E-state index is 12.5. The van der Waals surface area contributed by atoms with Gasteiger partial charge in [0.05, 0.1) is 19.0 Å². The predicted octanol–water partition coefficient (Wildman–Crippen LogP) is 1.43. The Balaban J connectivity index is 1.59. The molecule has 0 bridgehead atoms. The van der Waals surface area contributed by atoms with E-state index in [0.29, 0.717) is 37.0 Å². The van der Waals surface area contributed by atoms with E-state index in [-0.39, 0.29) is 16.0 Å². The molecule has 0 saturated carbocycles. The molecule has 1 fully saturated rings. The van der Waals surface area contributed by atoms with Crippen molar-refractivity contribution >= 4 is 21.6 Å². The molecule has 1 aliphatic rings. The third kappa shape index (κ3) is 3.17. The van der Waals surface area contributed by atoms with Crippen LogP contribution in [0.1, 0.15) is 11.5 Å². The van der Waals surface area contributed by atoms with Crippen molar-refractivity contribution in [2.24, 2.45) is 5.92 Å². The summed E-state index contributed by atoms with van der Waals surface area (Å²) in [6.45, 7) is 4.30. The maximum Gasteiger partial charge on any atom is 0.248 e. The maximum absolute atomic E-state index is 12.5. The molecular formula is C13H15ClN4O4S. The number of hydrogen-bond acceptors (Lipinski definition) is 7. The van der Waals surface area contributed by atoms with Crippen LogP contribution in [0.4, 0.5) is 0 Å². The van der Waals surface area contributed by atoms with Crippen molar-refractivity contribution in [2.75, 3.05) is 19.7 Å². The smallest absolute Gasteiger partial charge is 0.248 e. The van der Waals surface area contributed by atoms with E-state index in [0.717, 1.165) is 0 Å². The van der Waals surface area contributed by atoms with Crippen LogP contribution in [-0.2, 0) is 10.0 Å². The minimum absolute atomic E-state index is 0.0889. The van der Waals surface area contributed by atoms with Gasteiger partial charge in [-0.1, -0.05) is 16.8 Å². The minimum Gasteiger partial charge on any atom is -0.476 e. The average molecular weight is 359 g/mol. The van der Waals surface area contributed by atoms with Gasteiger partial charge in [0.1, 0.15) is 10.6 Å². The van der Waals surface area contributed by atoms with Crippen molar-refractivity contribution in [3.63, 3.8) is 0 Å². The number of halogens is 1. The molecule has 3 heterocycles. The Bertz CT molecular complexity index is 798. The van der Waals surface area contributed by atoms with E-state index in [1.54, 1.807) is 13.8 Å². The molecule has 0 amide bonds. The van der Waals surface area contributed by atoms with E-state index in [1.807, 2.05) is 0 Å². The molecule has 0 unspecified atom stereocenters. The van der Waals surface area contributed by atoms with Crippen molar-refractivity contribution in [1.82, 2.24) is 19.4 Å². The first-order valence-corrected chi connectivity index (χ1v) is 8.73. The van der Waals surface area contributed by atoms with Crippen LogP contribution in [-0.4, -0.2) is 47.5 Å². The van der Waals surface area contributed by atoms with Crippen molar-refractivity contribution in [3.8, 4) is 5.88 Å². The third-order valence-electron chi connectivity index (χ3n) is 3.54. The third-order valence-corrected chi connectivity index (χ3v) is 5.80. The summed E-state index contributed by atoms with van der Waals surface area (Å²) in [6, 6.07) is 0. The van der Waals surface area contributed by atoms with Crippen LogP contribution >= 0.6 is 11.6 Å². The van der Waals surface area contributed by atoms with Gasteiger partial charge in [-0.05, 0) is 13.8 Å². The summed E-state index contributed by atoms with van der Waals surface area (Å²) >= 11 is 5.72. The molecule has 8 nitrogen and oxygen atoms in total. The van der Waals surface area contributed by atoms with Gasteiger partial charge in [0.2, 0.25) is 15.9 Å². The largest absolute Gasteiger partial charge is 0.476 e. The molecule has 2 aromatic heterocycles. The first-order chi connectivity index (χ1) is 10.9. The van der Waals surface area contributed by atoms with Crippen LogP contribution in [0.3, 0.4) is 0 Å². The Hall–Kier alpha value is -1.71. The van der Waals surface area contributed by atoms with Crippen LogP contribution in [0.2, 0.25) is 5.15 Å². The second-order valence-electron chi connectivity index (χ2n) is 5.33. The fourth-order valence-corrected chi connectivity index (χ4v) is 4.42. The van der Waals surface area contributed by atoms with Crippen molar-refractivity contribution < 1.29 is 17.7 Å². The fraction of sp³-hybridized carbons (Fsp3) is 0.462. The Kier molecular flexibility index (Phi) is 4.26. The lowest BCUT2D eigenvalue weighted by molar-refractivity contribution is 0.126. The summed E-state index contributed by atoms with van der Waals surface area (Å²) in [5.74, 6) is 0.715. The molecule has 124 valence electrons. The lowest BCUT2D eigenvalue weighted by Crippen LogP contribution is -2.52. The molecular weight excluding hydrogens is 344 g/mol. The molecule has 0 spiro atoms. The number of ether oxygens (including phenoxy) is 1.